The summed E-state index contributed by atoms with van der Waals surface area (Å²) in [6.45, 7) is 1.69. The van der Waals surface area contributed by atoms with E-state index in [2.05, 4.69) is 20.6 Å². The Kier molecular flexibility index (Phi) is 7.84. The molecule has 0 saturated heterocycles. The van der Waals surface area contributed by atoms with E-state index in [1.165, 1.54) is 6.07 Å². The number of nitrogens with one attached hydrogen (secondary N) is 2. The minimum Gasteiger partial charge on any atom is -0.457 e. The lowest BCUT2D eigenvalue weighted by Gasteiger charge is -2.13. The Morgan fingerprint density at radius 1 is 1.06 bits per heavy atom. The van der Waals surface area contributed by atoms with Gasteiger partial charge in [0.15, 0.2) is 0 Å². The molecule has 4 N–H and O–H groups in total. The van der Waals surface area contributed by atoms with Crippen molar-refractivity contribution in [2.24, 2.45) is 10.7 Å². The summed E-state index contributed by atoms with van der Waals surface area (Å²) in [7, 11) is 0. The van der Waals surface area contributed by atoms with E-state index in [0.29, 0.717) is 35.7 Å². The van der Waals surface area contributed by atoms with Crippen molar-refractivity contribution in [3.8, 4) is 11.5 Å². The van der Waals surface area contributed by atoms with Gasteiger partial charge in [0.2, 0.25) is 5.91 Å². The molecular weight excluding hydrogens is 471 g/mol. The zero-order valence-corrected chi connectivity index (χ0v) is 19.4. The minimum atomic E-state index is -4.51. The summed E-state index contributed by atoms with van der Waals surface area (Å²) in [6.07, 6.45) is -2.10. The van der Waals surface area contributed by atoms with Gasteiger partial charge in [-0.1, -0.05) is 12.1 Å². The summed E-state index contributed by atoms with van der Waals surface area (Å²) in [6, 6.07) is 14.3. The molecule has 0 fully saturated rings. The Labute approximate surface area is 206 Å². The fourth-order valence-corrected chi connectivity index (χ4v) is 3.79. The average molecular weight is 498 g/mol. The molecule has 1 amide bonds. The lowest BCUT2D eigenvalue weighted by atomic mass is 10.1. The number of carbonyl (C=O) groups excluding carboxylic acids is 1. The number of halogens is 3. The maximum absolute atomic E-state index is 13.2. The van der Waals surface area contributed by atoms with Gasteiger partial charge in [0, 0.05) is 30.9 Å². The van der Waals surface area contributed by atoms with Crippen molar-refractivity contribution < 1.29 is 22.7 Å². The number of aromatic nitrogens is 1. The van der Waals surface area contributed by atoms with E-state index in [4.69, 9.17) is 10.5 Å². The van der Waals surface area contributed by atoms with Crippen LogP contribution in [0, 0.1) is 0 Å². The number of amidine groups is 1. The number of amides is 1. The Morgan fingerprint density at radius 2 is 1.89 bits per heavy atom. The quantitative estimate of drug-likeness (QED) is 0.409. The minimum absolute atomic E-state index is 0.0941. The molecule has 1 aliphatic heterocycles. The third kappa shape index (κ3) is 6.82. The van der Waals surface area contributed by atoms with Crippen LogP contribution in [0.15, 0.2) is 65.8 Å². The van der Waals surface area contributed by atoms with Crippen LogP contribution in [0.1, 0.15) is 28.8 Å². The summed E-state index contributed by atoms with van der Waals surface area (Å²) in [5.74, 6) is 1.54. The number of alkyl halides is 3. The molecule has 36 heavy (non-hydrogen) atoms. The molecule has 0 spiro atoms. The number of aliphatic imine (C=N–C) groups is 1. The van der Waals surface area contributed by atoms with Crippen molar-refractivity contribution in [2.75, 3.05) is 25.0 Å². The van der Waals surface area contributed by atoms with Crippen LogP contribution in [0.25, 0.3) is 0 Å². The monoisotopic (exact) mass is 497 g/mol. The number of anilines is 1. The van der Waals surface area contributed by atoms with Crippen LogP contribution in [-0.2, 0) is 23.8 Å². The van der Waals surface area contributed by atoms with Crippen LogP contribution in [0.3, 0.4) is 0 Å². The van der Waals surface area contributed by atoms with E-state index in [0.717, 1.165) is 30.1 Å². The number of hydrogen-bond acceptors (Lipinski definition) is 6. The molecule has 2 aromatic carbocycles. The van der Waals surface area contributed by atoms with Crippen LogP contribution in [-0.4, -0.2) is 36.4 Å². The highest BCUT2D eigenvalue weighted by atomic mass is 19.4. The van der Waals surface area contributed by atoms with Gasteiger partial charge in [0.05, 0.1) is 12.1 Å². The largest absolute Gasteiger partial charge is 0.457 e. The molecule has 1 aromatic heterocycles. The maximum Gasteiger partial charge on any atom is 0.416 e. The number of aryl methyl sites for hydroxylation is 1. The predicted molar refractivity (Wildman–Crippen MR) is 131 cm³/mol. The van der Waals surface area contributed by atoms with Gasteiger partial charge in [-0.15, -0.1) is 0 Å². The second kappa shape index (κ2) is 11.2. The van der Waals surface area contributed by atoms with Crippen molar-refractivity contribution in [1.82, 2.24) is 10.3 Å². The van der Waals surface area contributed by atoms with E-state index >= 15 is 0 Å². The van der Waals surface area contributed by atoms with Crippen LogP contribution < -0.4 is 21.1 Å². The molecule has 7 nitrogen and oxygen atoms in total. The van der Waals surface area contributed by atoms with E-state index in [-0.39, 0.29) is 31.0 Å². The number of nitrogens with two attached hydrogens (primary N) is 1. The number of rotatable bonds is 9. The highest BCUT2D eigenvalue weighted by Gasteiger charge is 2.31. The van der Waals surface area contributed by atoms with Crippen LogP contribution in [0.4, 0.5) is 18.9 Å². The molecule has 0 aliphatic carbocycles. The lowest BCUT2D eigenvalue weighted by Crippen LogP contribution is -2.20. The smallest absolute Gasteiger partial charge is 0.416 e. The Hall–Kier alpha value is -3.92. The molecule has 1 aliphatic rings. The van der Waals surface area contributed by atoms with Gasteiger partial charge in [-0.25, -0.2) is 0 Å². The molecule has 10 heteroatoms. The first-order chi connectivity index (χ1) is 17.3. The Balaban J connectivity index is 1.38. The molecule has 0 radical (unpaired) electrons. The van der Waals surface area contributed by atoms with Crippen LogP contribution in [0.2, 0.25) is 0 Å². The van der Waals surface area contributed by atoms with Gasteiger partial charge in [0.1, 0.15) is 23.0 Å². The molecular formula is C26H26F3N5O2. The second-order valence-electron chi connectivity index (χ2n) is 8.29. The third-order valence-electron chi connectivity index (χ3n) is 5.46. The fourth-order valence-electron chi connectivity index (χ4n) is 3.79. The first-order valence-electron chi connectivity index (χ1n) is 11.5. The molecule has 2 heterocycles. The number of pyridine rings is 1. The summed E-state index contributed by atoms with van der Waals surface area (Å²) >= 11 is 0. The van der Waals surface area contributed by atoms with Crippen LogP contribution >= 0.6 is 0 Å². The highest BCUT2D eigenvalue weighted by molar-refractivity contribution is 5.98. The van der Waals surface area contributed by atoms with Crippen molar-refractivity contribution in [3.63, 3.8) is 0 Å². The molecule has 4 rings (SSSR count). The number of hydrogen-bond donors (Lipinski definition) is 3. The summed E-state index contributed by atoms with van der Waals surface area (Å²) in [4.78, 5) is 21.2. The van der Waals surface area contributed by atoms with Crippen molar-refractivity contribution in [1.29, 1.82) is 0 Å². The van der Waals surface area contributed by atoms with Crippen LogP contribution in [0.5, 0.6) is 11.5 Å². The van der Waals surface area contributed by atoms with E-state index in [9.17, 15) is 18.0 Å². The number of nitrogens with zero attached hydrogens (tertiary/aromatic N) is 2. The van der Waals surface area contributed by atoms with E-state index < -0.39 is 11.7 Å². The fraction of sp³-hybridized carbons (Fsp3) is 0.269. The van der Waals surface area contributed by atoms with Gasteiger partial charge in [-0.05, 0) is 66.9 Å². The molecule has 188 valence electrons. The van der Waals surface area contributed by atoms with E-state index in [1.807, 2.05) is 18.2 Å². The zero-order chi connectivity index (χ0) is 25.5. The van der Waals surface area contributed by atoms with Gasteiger partial charge in [-0.2, -0.15) is 13.2 Å². The Morgan fingerprint density at radius 3 is 2.64 bits per heavy atom. The van der Waals surface area contributed by atoms with Gasteiger partial charge in [0.25, 0.3) is 0 Å². The standard InChI is InChI=1S/C26H26F3N5O2/c27-26(28,29)19-12-18(6-8-30)13-20(15-19)34-24(35)5-4-17-2-1-3-21(14-17)36-22-7-9-31-23(16-22)25-32-10-11-33-25/h1-3,7,9,12-16H,4-6,8,10-11,30H2,(H,32,33)(H,34,35). The van der Waals surface area contributed by atoms with Gasteiger partial charge < -0.3 is 21.1 Å². The first-order valence-corrected chi connectivity index (χ1v) is 11.5. The number of benzene rings is 2. The number of carbonyl (C=O) groups is 1. The van der Waals surface area contributed by atoms with Crippen molar-refractivity contribution >= 4 is 17.4 Å². The molecule has 0 saturated carbocycles. The highest BCUT2D eigenvalue weighted by Crippen LogP contribution is 2.32. The molecule has 0 bridgehead atoms. The number of ether oxygens (including phenoxy) is 1. The third-order valence-corrected chi connectivity index (χ3v) is 5.46. The summed E-state index contributed by atoms with van der Waals surface area (Å²) in [5.41, 5.74) is 6.74. The van der Waals surface area contributed by atoms with E-state index in [1.54, 1.807) is 24.4 Å². The Bertz CT molecular complexity index is 1260. The van der Waals surface area contributed by atoms with Gasteiger partial charge in [-0.3, -0.25) is 14.8 Å². The topological polar surface area (TPSA) is 102 Å². The molecule has 0 atom stereocenters. The summed E-state index contributed by atoms with van der Waals surface area (Å²) in [5, 5.41) is 5.75. The summed E-state index contributed by atoms with van der Waals surface area (Å²) < 4.78 is 45.6. The van der Waals surface area contributed by atoms with Crippen molar-refractivity contribution in [3.05, 3.63) is 83.2 Å². The molecule has 0 unspecified atom stereocenters. The van der Waals surface area contributed by atoms with Gasteiger partial charge >= 0.3 is 6.18 Å². The molecule has 3 aromatic rings. The predicted octanol–water partition coefficient (Wildman–Crippen LogP) is 4.32. The lowest BCUT2D eigenvalue weighted by molar-refractivity contribution is -0.137. The average Bonchev–Trinajstić information content (AvgIpc) is 3.38. The second-order valence-corrected chi connectivity index (χ2v) is 8.29. The SMILES string of the molecule is NCCc1cc(NC(=O)CCc2cccc(Oc3ccnc(C4=NCCN4)c3)c2)cc(C(F)(F)F)c1. The maximum atomic E-state index is 13.2. The van der Waals surface area contributed by atoms with Crippen molar-refractivity contribution in [2.45, 2.75) is 25.4 Å². The zero-order valence-electron chi connectivity index (χ0n) is 19.4. The first kappa shape index (κ1) is 25.2. The normalized spacial score (nSPS) is 13.2.